The number of hydrogen-bond donors (Lipinski definition) is 3. The third kappa shape index (κ3) is 5.10. The van der Waals surface area contributed by atoms with Gasteiger partial charge in [0.2, 0.25) is 5.96 Å². The van der Waals surface area contributed by atoms with Crippen molar-refractivity contribution in [2.45, 2.75) is 6.36 Å². The minimum absolute atomic E-state index is 0.374. The number of rotatable bonds is 2. The number of nitrogens with two attached hydrogens (primary N) is 3. The molecule has 0 saturated heterocycles. The number of alkyl halides is 3. The summed E-state index contributed by atoms with van der Waals surface area (Å²) in [5.41, 5.74) is 14.9. The predicted octanol–water partition coefficient (Wildman–Crippen LogP) is 0.944. The molecule has 0 fully saturated rings. The highest BCUT2D eigenvalue weighted by atomic mass is 19.4. The fourth-order valence-electron chi connectivity index (χ4n) is 1.07. The lowest BCUT2D eigenvalue weighted by Crippen LogP contribution is -2.26. The zero-order valence-electron chi connectivity index (χ0n) is 9.28. The molecule has 0 saturated carbocycles. The molecule has 0 aliphatic rings. The molecule has 104 valence electrons. The molecule has 0 unspecified atom stereocenters. The van der Waals surface area contributed by atoms with Crippen LogP contribution in [0.2, 0.25) is 0 Å². The van der Waals surface area contributed by atoms with Crippen molar-refractivity contribution in [3.8, 4) is 5.75 Å². The number of halogens is 4. The highest BCUT2D eigenvalue weighted by Gasteiger charge is 2.32. The second-order valence-corrected chi connectivity index (χ2v) is 3.17. The molecule has 0 amide bonds. The van der Waals surface area contributed by atoms with Crippen LogP contribution in [0.1, 0.15) is 0 Å². The van der Waals surface area contributed by atoms with Crippen molar-refractivity contribution >= 4 is 17.6 Å². The molecule has 19 heavy (non-hydrogen) atoms. The minimum Gasteiger partial charge on any atom is -0.403 e. The van der Waals surface area contributed by atoms with E-state index in [-0.39, 0.29) is 5.69 Å². The largest absolute Gasteiger partial charge is 0.573 e. The van der Waals surface area contributed by atoms with Gasteiger partial charge >= 0.3 is 6.36 Å². The molecule has 0 spiro atoms. The summed E-state index contributed by atoms with van der Waals surface area (Å²) in [7, 11) is 0. The number of hydrogen-bond acceptors (Lipinski definition) is 2. The standard InChI is InChI=1S/C9H9F4N5O/c10-4-1-2-5(17-8(16)18-7(14)15)6(3-4)19-9(11,12)13/h1-3H,(H6,14,15,16,17,18). The third-order valence-electron chi connectivity index (χ3n) is 1.63. The van der Waals surface area contributed by atoms with E-state index in [1.807, 2.05) is 0 Å². The molecule has 1 aromatic carbocycles. The van der Waals surface area contributed by atoms with Gasteiger partial charge in [-0.05, 0) is 12.1 Å². The van der Waals surface area contributed by atoms with E-state index in [9.17, 15) is 17.6 Å². The molecule has 10 heteroatoms. The lowest BCUT2D eigenvalue weighted by Gasteiger charge is -2.11. The van der Waals surface area contributed by atoms with Gasteiger partial charge in [-0.15, -0.1) is 13.2 Å². The summed E-state index contributed by atoms with van der Waals surface area (Å²) in [6.45, 7) is 0. The summed E-state index contributed by atoms with van der Waals surface area (Å²) < 4.78 is 52.8. The molecular weight excluding hydrogens is 270 g/mol. The van der Waals surface area contributed by atoms with Crippen molar-refractivity contribution in [3.05, 3.63) is 24.0 Å². The average molecular weight is 279 g/mol. The molecule has 0 heterocycles. The van der Waals surface area contributed by atoms with Gasteiger partial charge in [0.25, 0.3) is 0 Å². The topological polar surface area (TPSA) is 112 Å². The fourth-order valence-corrected chi connectivity index (χ4v) is 1.07. The number of guanidine groups is 2. The summed E-state index contributed by atoms with van der Waals surface area (Å²) in [6, 6.07) is 2.32. The molecule has 1 aromatic rings. The van der Waals surface area contributed by atoms with Crippen LogP contribution in [-0.2, 0) is 0 Å². The van der Waals surface area contributed by atoms with Crippen molar-refractivity contribution in [1.82, 2.24) is 0 Å². The van der Waals surface area contributed by atoms with E-state index >= 15 is 0 Å². The molecule has 6 nitrogen and oxygen atoms in total. The molecule has 0 aromatic heterocycles. The van der Waals surface area contributed by atoms with Crippen LogP contribution < -0.4 is 21.9 Å². The second-order valence-electron chi connectivity index (χ2n) is 3.17. The van der Waals surface area contributed by atoms with Gasteiger partial charge in [-0.2, -0.15) is 4.99 Å². The quantitative estimate of drug-likeness (QED) is 0.425. The van der Waals surface area contributed by atoms with Crippen LogP contribution in [0, 0.1) is 5.82 Å². The Morgan fingerprint density at radius 2 is 1.79 bits per heavy atom. The van der Waals surface area contributed by atoms with Crippen molar-refractivity contribution < 1.29 is 22.3 Å². The lowest BCUT2D eigenvalue weighted by atomic mass is 10.3. The van der Waals surface area contributed by atoms with Crippen molar-refractivity contribution in [1.29, 1.82) is 0 Å². The van der Waals surface area contributed by atoms with E-state index < -0.39 is 29.8 Å². The van der Waals surface area contributed by atoms with Gasteiger partial charge in [-0.25, -0.2) is 9.38 Å². The Morgan fingerprint density at radius 3 is 2.32 bits per heavy atom. The van der Waals surface area contributed by atoms with E-state index in [0.29, 0.717) is 6.07 Å². The molecule has 6 N–H and O–H groups in total. The predicted molar refractivity (Wildman–Crippen MR) is 60.2 cm³/mol. The van der Waals surface area contributed by atoms with E-state index in [1.165, 1.54) is 0 Å². The molecule has 0 aliphatic heterocycles. The highest BCUT2D eigenvalue weighted by Crippen LogP contribution is 2.32. The van der Waals surface area contributed by atoms with Gasteiger partial charge in [0.15, 0.2) is 11.7 Å². The van der Waals surface area contributed by atoms with E-state index in [2.05, 4.69) is 14.7 Å². The van der Waals surface area contributed by atoms with Gasteiger partial charge in [0, 0.05) is 6.07 Å². The van der Waals surface area contributed by atoms with Gasteiger partial charge < -0.3 is 21.9 Å². The highest BCUT2D eigenvalue weighted by molar-refractivity contribution is 5.93. The molecule has 1 rings (SSSR count). The van der Waals surface area contributed by atoms with Crippen molar-refractivity contribution in [3.63, 3.8) is 0 Å². The second kappa shape index (κ2) is 5.42. The van der Waals surface area contributed by atoms with Crippen LogP contribution in [0.25, 0.3) is 0 Å². The third-order valence-corrected chi connectivity index (χ3v) is 1.63. The number of nitrogens with zero attached hydrogens (tertiary/aromatic N) is 2. The zero-order chi connectivity index (χ0) is 14.6. The van der Waals surface area contributed by atoms with Crippen LogP contribution in [0.15, 0.2) is 28.2 Å². The Bertz CT molecular complexity index is 522. The number of benzene rings is 1. The van der Waals surface area contributed by atoms with Crippen molar-refractivity contribution in [2.75, 3.05) is 0 Å². The normalized spacial score (nSPS) is 12.1. The first-order valence-corrected chi connectivity index (χ1v) is 4.66. The van der Waals surface area contributed by atoms with Gasteiger partial charge in [-0.1, -0.05) is 0 Å². The minimum atomic E-state index is -5.00. The Kier molecular flexibility index (Phi) is 4.14. The molecule has 0 aliphatic carbocycles. The van der Waals surface area contributed by atoms with E-state index in [1.54, 1.807) is 0 Å². The Morgan fingerprint density at radius 1 is 1.16 bits per heavy atom. The Hall–Kier alpha value is -2.52. The average Bonchev–Trinajstić information content (AvgIpc) is 2.18. The zero-order valence-corrected chi connectivity index (χ0v) is 9.28. The van der Waals surface area contributed by atoms with Crippen LogP contribution in [0.5, 0.6) is 5.75 Å². The molecule has 0 bridgehead atoms. The first-order chi connectivity index (χ1) is 8.67. The van der Waals surface area contributed by atoms with E-state index in [0.717, 1.165) is 12.1 Å². The summed E-state index contributed by atoms with van der Waals surface area (Å²) in [4.78, 5) is 6.78. The smallest absolute Gasteiger partial charge is 0.403 e. The number of aliphatic imine (C=N–C) groups is 2. The van der Waals surface area contributed by atoms with E-state index in [4.69, 9.17) is 17.2 Å². The van der Waals surface area contributed by atoms with Crippen LogP contribution in [0.4, 0.5) is 23.2 Å². The van der Waals surface area contributed by atoms with Gasteiger partial charge in [0.1, 0.15) is 11.5 Å². The first kappa shape index (κ1) is 14.5. The van der Waals surface area contributed by atoms with Crippen molar-refractivity contribution in [2.24, 2.45) is 27.2 Å². The molecule has 0 atom stereocenters. The maximum absolute atomic E-state index is 12.9. The number of ether oxygens (including phenoxy) is 1. The monoisotopic (exact) mass is 279 g/mol. The lowest BCUT2D eigenvalue weighted by molar-refractivity contribution is -0.274. The maximum atomic E-state index is 12.9. The molecular formula is C9H9F4N5O. The fraction of sp³-hybridized carbons (Fsp3) is 0.111. The summed E-state index contributed by atoms with van der Waals surface area (Å²) in [5, 5.41) is 0. The van der Waals surface area contributed by atoms with Crippen LogP contribution in [-0.4, -0.2) is 18.3 Å². The Labute approximate surface area is 104 Å². The summed E-state index contributed by atoms with van der Waals surface area (Å²) in [6.07, 6.45) is -5.00. The van der Waals surface area contributed by atoms with Gasteiger partial charge in [0.05, 0.1) is 0 Å². The summed E-state index contributed by atoms with van der Waals surface area (Å²) in [5.74, 6) is -2.72. The SMILES string of the molecule is NC(N)=NC(N)=Nc1ccc(F)cc1OC(F)(F)F. The summed E-state index contributed by atoms with van der Waals surface area (Å²) >= 11 is 0. The van der Waals surface area contributed by atoms with Gasteiger partial charge in [-0.3, -0.25) is 0 Å². The molecule has 0 radical (unpaired) electrons. The van der Waals surface area contributed by atoms with Crippen LogP contribution >= 0.6 is 0 Å². The first-order valence-electron chi connectivity index (χ1n) is 4.66. The Balaban J connectivity index is 3.17. The van der Waals surface area contributed by atoms with Crippen LogP contribution in [0.3, 0.4) is 0 Å². The maximum Gasteiger partial charge on any atom is 0.573 e.